The maximum Gasteiger partial charge on any atom is 0.192 e. The molecular formula is C18H38O2Si. The van der Waals surface area contributed by atoms with Gasteiger partial charge in [-0.25, -0.2) is 0 Å². The SMILES string of the molecule is CCCCC1(C(CCCO)O[Si](C)(C)C(C)(C)C)CCC1. The summed E-state index contributed by atoms with van der Waals surface area (Å²) in [6.07, 6.45) is 10.2. The molecule has 0 amide bonds. The van der Waals surface area contributed by atoms with Gasteiger partial charge < -0.3 is 9.53 Å². The molecule has 3 heteroatoms. The quantitative estimate of drug-likeness (QED) is 0.569. The van der Waals surface area contributed by atoms with Crippen LogP contribution in [0, 0.1) is 5.41 Å². The fourth-order valence-electron chi connectivity index (χ4n) is 3.19. The third-order valence-electron chi connectivity index (χ3n) is 5.93. The predicted octanol–water partition coefficient (Wildman–Crippen LogP) is 5.51. The van der Waals surface area contributed by atoms with Gasteiger partial charge in [0.25, 0.3) is 0 Å². The highest BCUT2D eigenvalue weighted by molar-refractivity contribution is 6.74. The lowest BCUT2D eigenvalue weighted by Gasteiger charge is -2.52. The summed E-state index contributed by atoms with van der Waals surface area (Å²) < 4.78 is 6.84. The molecule has 0 radical (unpaired) electrons. The second-order valence-corrected chi connectivity index (χ2v) is 13.3. The zero-order valence-electron chi connectivity index (χ0n) is 15.3. The van der Waals surface area contributed by atoms with Gasteiger partial charge in [0, 0.05) is 6.61 Å². The molecule has 1 fully saturated rings. The average molecular weight is 315 g/mol. The Labute approximate surface area is 133 Å². The molecule has 1 saturated carbocycles. The van der Waals surface area contributed by atoms with E-state index in [1.54, 1.807) is 0 Å². The van der Waals surface area contributed by atoms with E-state index in [0.29, 0.717) is 18.1 Å². The van der Waals surface area contributed by atoms with Crippen LogP contribution in [-0.2, 0) is 4.43 Å². The van der Waals surface area contributed by atoms with Crippen molar-refractivity contribution in [1.82, 2.24) is 0 Å². The minimum Gasteiger partial charge on any atom is -0.413 e. The molecule has 0 aromatic rings. The molecule has 126 valence electrons. The van der Waals surface area contributed by atoms with Crippen molar-refractivity contribution in [1.29, 1.82) is 0 Å². The highest BCUT2D eigenvalue weighted by atomic mass is 28.4. The van der Waals surface area contributed by atoms with E-state index in [9.17, 15) is 5.11 Å². The molecule has 1 N–H and O–H groups in total. The van der Waals surface area contributed by atoms with Crippen LogP contribution in [0.25, 0.3) is 0 Å². The van der Waals surface area contributed by atoms with Crippen LogP contribution in [0.15, 0.2) is 0 Å². The van der Waals surface area contributed by atoms with E-state index in [-0.39, 0.29) is 5.04 Å². The van der Waals surface area contributed by atoms with Gasteiger partial charge in [-0.05, 0) is 55.7 Å². The third-order valence-corrected chi connectivity index (χ3v) is 10.4. The molecule has 1 rings (SSSR count). The highest BCUT2D eigenvalue weighted by Crippen LogP contribution is 2.52. The molecule has 1 aliphatic rings. The van der Waals surface area contributed by atoms with Crippen LogP contribution < -0.4 is 0 Å². The molecule has 0 bridgehead atoms. The number of hydrogen-bond donors (Lipinski definition) is 1. The summed E-state index contributed by atoms with van der Waals surface area (Å²) in [4.78, 5) is 0. The average Bonchev–Trinajstić information content (AvgIpc) is 2.32. The number of hydrogen-bond acceptors (Lipinski definition) is 2. The smallest absolute Gasteiger partial charge is 0.192 e. The minimum atomic E-state index is -1.73. The van der Waals surface area contributed by atoms with Crippen LogP contribution in [0.1, 0.15) is 79.1 Å². The van der Waals surface area contributed by atoms with Gasteiger partial charge >= 0.3 is 0 Å². The molecular weight excluding hydrogens is 276 g/mol. The van der Waals surface area contributed by atoms with Gasteiger partial charge in [-0.15, -0.1) is 0 Å². The normalized spacial score (nSPS) is 20.1. The predicted molar refractivity (Wildman–Crippen MR) is 94.2 cm³/mol. The maximum absolute atomic E-state index is 9.26. The van der Waals surface area contributed by atoms with E-state index in [4.69, 9.17) is 4.43 Å². The first-order valence-corrected chi connectivity index (χ1v) is 11.9. The van der Waals surface area contributed by atoms with E-state index < -0.39 is 8.32 Å². The van der Waals surface area contributed by atoms with Crippen LogP contribution >= 0.6 is 0 Å². The molecule has 1 unspecified atom stereocenters. The summed E-state index contributed by atoms with van der Waals surface area (Å²) in [5, 5.41) is 9.53. The van der Waals surface area contributed by atoms with E-state index in [1.807, 2.05) is 0 Å². The highest BCUT2D eigenvalue weighted by Gasteiger charge is 2.48. The molecule has 0 aliphatic heterocycles. The van der Waals surface area contributed by atoms with Gasteiger partial charge in [0.05, 0.1) is 6.10 Å². The molecule has 0 spiro atoms. The number of aliphatic hydroxyl groups is 1. The second-order valence-electron chi connectivity index (χ2n) is 8.55. The van der Waals surface area contributed by atoms with Crippen molar-refractivity contribution in [3.8, 4) is 0 Å². The summed E-state index contributed by atoms with van der Waals surface area (Å²) in [5.74, 6) is 0. The van der Waals surface area contributed by atoms with Crippen molar-refractivity contribution in [2.45, 2.75) is 103 Å². The van der Waals surface area contributed by atoms with Crippen molar-refractivity contribution >= 4 is 8.32 Å². The van der Waals surface area contributed by atoms with Gasteiger partial charge in [-0.2, -0.15) is 0 Å². The first kappa shape index (κ1) is 19.2. The zero-order valence-corrected chi connectivity index (χ0v) is 16.3. The van der Waals surface area contributed by atoms with Gasteiger partial charge in [0.2, 0.25) is 0 Å². The lowest BCUT2D eigenvalue weighted by molar-refractivity contribution is -0.0410. The molecule has 1 aliphatic carbocycles. The summed E-state index contributed by atoms with van der Waals surface area (Å²) >= 11 is 0. The lowest BCUT2D eigenvalue weighted by Crippen LogP contribution is -2.51. The number of unbranched alkanes of at least 4 members (excludes halogenated alkanes) is 1. The van der Waals surface area contributed by atoms with E-state index in [2.05, 4.69) is 40.8 Å². The Bertz CT molecular complexity index is 303. The van der Waals surface area contributed by atoms with Gasteiger partial charge in [0.15, 0.2) is 8.32 Å². The van der Waals surface area contributed by atoms with E-state index in [0.717, 1.165) is 12.8 Å². The van der Waals surface area contributed by atoms with Crippen molar-refractivity contribution in [2.75, 3.05) is 6.61 Å². The van der Waals surface area contributed by atoms with Gasteiger partial charge in [-0.3, -0.25) is 0 Å². The summed E-state index contributed by atoms with van der Waals surface area (Å²) in [5.41, 5.74) is 0.417. The lowest BCUT2D eigenvalue weighted by atomic mass is 9.61. The Morgan fingerprint density at radius 3 is 2.19 bits per heavy atom. The second kappa shape index (κ2) is 7.61. The van der Waals surface area contributed by atoms with E-state index >= 15 is 0 Å². The van der Waals surface area contributed by atoms with E-state index in [1.165, 1.54) is 38.5 Å². The monoisotopic (exact) mass is 314 g/mol. The van der Waals surface area contributed by atoms with Crippen LogP contribution in [0.3, 0.4) is 0 Å². The first-order chi connectivity index (χ1) is 9.68. The Kier molecular flexibility index (Phi) is 6.95. The fourth-order valence-corrected chi connectivity index (χ4v) is 4.62. The van der Waals surface area contributed by atoms with Crippen LogP contribution in [0.2, 0.25) is 18.1 Å². The summed E-state index contributed by atoms with van der Waals surface area (Å²) in [6, 6.07) is 0. The fraction of sp³-hybridized carbons (Fsp3) is 1.00. The summed E-state index contributed by atoms with van der Waals surface area (Å²) in [6.45, 7) is 14.3. The van der Waals surface area contributed by atoms with Gasteiger partial charge in [-0.1, -0.05) is 47.0 Å². The minimum absolute atomic E-state index is 0.264. The Balaban J connectivity index is 2.84. The Morgan fingerprint density at radius 2 is 1.81 bits per heavy atom. The molecule has 1 atom stereocenters. The third kappa shape index (κ3) is 4.80. The molecule has 0 saturated heterocycles. The topological polar surface area (TPSA) is 29.5 Å². The molecule has 0 aromatic carbocycles. The first-order valence-electron chi connectivity index (χ1n) is 8.97. The van der Waals surface area contributed by atoms with Crippen LogP contribution in [0.5, 0.6) is 0 Å². The summed E-state index contributed by atoms with van der Waals surface area (Å²) in [7, 11) is -1.73. The molecule has 0 aromatic heterocycles. The van der Waals surface area contributed by atoms with Crippen LogP contribution in [-0.4, -0.2) is 26.1 Å². The molecule has 0 heterocycles. The number of rotatable bonds is 9. The zero-order chi connectivity index (χ0) is 16.1. The number of aliphatic hydroxyl groups excluding tert-OH is 1. The van der Waals surface area contributed by atoms with Crippen molar-refractivity contribution in [3.05, 3.63) is 0 Å². The standard InChI is InChI=1S/C18H38O2Si/c1-7-8-12-18(13-10-14-18)16(11-9-15-19)20-21(5,6)17(2,3)4/h16,19H,7-15H2,1-6H3. The van der Waals surface area contributed by atoms with Crippen molar-refractivity contribution < 1.29 is 9.53 Å². The van der Waals surface area contributed by atoms with Crippen molar-refractivity contribution in [2.24, 2.45) is 5.41 Å². The van der Waals surface area contributed by atoms with Crippen LogP contribution in [0.4, 0.5) is 0 Å². The Morgan fingerprint density at radius 1 is 1.19 bits per heavy atom. The largest absolute Gasteiger partial charge is 0.413 e. The molecule has 21 heavy (non-hydrogen) atoms. The van der Waals surface area contributed by atoms with Gasteiger partial charge in [0.1, 0.15) is 0 Å². The molecule has 2 nitrogen and oxygen atoms in total. The van der Waals surface area contributed by atoms with Crippen molar-refractivity contribution in [3.63, 3.8) is 0 Å². The Hall–Kier alpha value is 0.137. The maximum atomic E-state index is 9.26.